The zero-order valence-electron chi connectivity index (χ0n) is 9.46. The van der Waals surface area contributed by atoms with E-state index in [9.17, 15) is 0 Å². The van der Waals surface area contributed by atoms with Gasteiger partial charge in [0.25, 0.3) is 0 Å². The maximum Gasteiger partial charge on any atom is 0.0613 e. The van der Waals surface area contributed by atoms with Crippen molar-refractivity contribution in [2.75, 3.05) is 13.7 Å². The van der Waals surface area contributed by atoms with Gasteiger partial charge in [-0.2, -0.15) is 0 Å². The summed E-state index contributed by atoms with van der Waals surface area (Å²) in [5.74, 6) is 0. The number of rotatable bonds is 5. The Labute approximate surface area is 96.6 Å². The highest BCUT2D eigenvalue weighted by atomic mass is 35.5. The van der Waals surface area contributed by atoms with Gasteiger partial charge >= 0.3 is 0 Å². The van der Waals surface area contributed by atoms with Gasteiger partial charge in [-0.1, -0.05) is 23.7 Å². The molecule has 0 aliphatic heterocycles. The minimum atomic E-state index is 0.312. The van der Waals surface area contributed by atoms with Gasteiger partial charge < -0.3 is 10.1 Å². The average Bonchev–Trinajstić information content (AvgIpc) is 2.18. The van der Waals surface area contributed by atoms with Crippen LogP contribution in [0.1, 0.15) is 25.5 Å². The molecule has 0 spiro atoms. The van der Waals surface area contributed by atoms with Crippen LogP contribution in [0.5, 0.6) is 0 Å². The third kappa shape index (κ3) is 4.20. The van der Waals surface area contributed by atoms with Gasteiger partial charge in [0.15, 0.2) is 0 Å². The molecule has 2 nitrogen and oxygen atoms in total. The van der Waals surface area contributed by atoms with E-state index in [-0.39, 0.29) is 0 Å². The molecule has 1 aromatic carbocycles. The molecule has 0 amide bonds. The Morgan fingerprint density at radius 2 is 1.87 bits per heavy atom. The number of methoxy groups -OCH3 is 1. The minimum absolute atomic E-state index is 0.312. The Morgan fingerprint density at radius 1 is 1.27 bits per heavy atom. The molecule has 0 bridgehead atoms. The number of hydrogen-bond acceptors (Lipinski definition) is 2. The summed E-state index contributed by atoms with van der Waals surface area (Å²) in [4.78, 5) is 0. The van der Waals surface area contributed by atoms with E-state index in [0.29, 0.717) is 12.1 Å². The van der Waals surface area contributed by atoms with Crippen molar-refractivity contribution >= 4 is 11.6 Å². The SMILES string of the molecule is COC[C@@H](C)N[C@H](C)c1ccc(Cl)cc1. The normalized spacial score (nSPS) is 14.9. The van der Waals surface area contributed by atoms with E-state index in [0.717, 1.165) is 11.6 Å². The molecule has 0 radical (unpaired) electrons. The van der Waals surface area contributed by atoms with E-state index < -0.39 is 0 Å². The summed E-state index contributed by atoms with van der Waals surface area (Å²) in [6.45, 7) is 4.96. The lowest BCUT2D eigenvalue weighted by molar-refractivity contribution is 0.168. The summed E-state index contributed by atoms with van der Waals surface area (Å²) in [6.07, 6.45) is 0. The molecular weight excluding hydrogens is 210 g/mol. The summed E-state index contributed by atoms with van der Waals surface area (Å²) in [6, 6.07) is 8.57. The first kappa shape index (κ1) is 12.5. The Bertz CT molecular complexity index is 286. The fourth-order valence-corrected chi connectivity index (χ4v) is 1.70. The van der Waals surface area contributed by atoms with Crippen LogP contribution in [-0.2, 0) is 4.74 Å². The van der Waals surface area contributed by atoms with Crippen LogP contribution in [0.15, 0.2) is 24.3 Å². The molecule has 0 saturated carbocycles. The highest BCUT2D eigenvalue weighted by Crippen LogP contribution is 2.16. The van der Waals surface area contributed by atoms with Crippen LogP contribution in [0, 0.1) is 0 Å². The Balaban J connectivity index is 2.53. The molecule has 0 saturated heterocycles. The molecule has 84 valence electrons. The van der Waals surface area contributed by atoms with Crippen molar-refractivity contribution < 1.29 is 4.74 Å². The van der Waals surface area contributed by atoms with E-state index in [1.54, 1.807) is 7.11 Å². The maximum atomic E-state index is 5.83. The topological polar surface area (TPSA) is 21.3 Å². The summed E-state index contributed by atoms with van der Waals surface area (Å²) in [5.41, 5.74) is 1.24. The van der Waals surface area contributed by atoms with Crippen LogP contribution in [0.2, 0.25) is 5.02 Å². The van der Waals surface area contributed by atoms with Gasteiger partial charge in [-0.05, 0) is 31.5 Å². The Hall–Kier alpha value is -0.570. The highest BCUT2D eigenvalue weighted by Gasteiger charge is 2.08. The predicted octanol–water partition coefficient (Wildman–Crippen LogP) is 3.03. The molecule has 3 heteroatoms. The largest absolute Gasteiger partial charge is 0.383 e. The number of hydrogen-bond donors (Lipinski definition) is 1. The van der Waals surface area contributed by atoms with Crippen LogP contribution >= 0.6 is 11.6 Å². The second-order valence-electron chi connectivity index (χ2n) is 3.80. The molecule has 1 aromatic rings. The van der Waals surface area contributed by atoms with Crippen LogP contribution in [0.25, 0.3) is 0 Å². The Morgan fingerprint density at radius 3 is 2.40 bits per heavy atom. The fourth-order valence-electron chi connectivity index (χ4n) is 1.57. The maximum absolute atomic E-state index is 5.83. The van der Waals surface area contributed by atoms with Crippen molar-refractivity contribution in [1.82, 2.24) is 5.32 Å². The Kier molecular flexibility index (Phi) is 5.09. The first-order valence-corrected chi connectivity index (χ1v) is 5.51. The molecule has 0 heterocycles. The molecule has 1 rings (SSSR count). The number of nitrogens with one attached hydrogen (secondary N) is 1. The first-order chi connectivity index (χ1) is 7.13. The zero-order valence-corrected chi connectivity index (χ0v) is 10.2. The van der Waals surface area contributed by atoms with Gasteiger partial charge in [0.1, 0.15) is 0 Å². The van der Waals surface area contributed by atoms with Crippen LogP contribution in [0.4, 0.5) is 0 Å². The molecule has 0 aliphatic rings. The minimum Gasteiger partial charge on any atom is -0.383 e. The van der Waals surface area contributed by atoms with Crippen molar-refractivity contribution in [1.29, 1.82) is 0 Å². The lowest BCUT2D eigenvalue weighted by atomic mass is 10.1. The number of halogens is 1. The molecule has 2 atom stereocenters. The molecule has 0 fully saturated rings. The summed E-state index contributed by atoms with van der Waals surface area (Å²) < 4.78 is 5.08. The van der Waals surface area contributed by atoms with Crippen molar-refractivity contribution in [3.63, 3.8) is 0 Å². The van der Waals surface area contributed by atoms with Crippen molar-refractivity contribution in [2.45, 2.75) is 25.9 Å². The van der Waals surface area contributed by atoms with Gasteiger partial charge in [0.05, 0.1) is 6.61 Å². The fraction of sp³-hybridized carbons (Fsp3) is 0.500. The molecule has 1 N–H and O–H groups in total. The second-order valence-corrected chi connectivity index (χ2v) is 4.23. The van der Waals surface area contributed by atoms with E-state index in [1.165, 1.54) is 5.56 Å². The van der Waals surface area contributed by atoms with E-state index >= 15 is 0 Å². The third-order valence-corrected chi connectivity index (χ3v) is 2.57. The van der Waals surface area contributed by atoms with Gasteiger partial charge in [0.2, 0.25) is 0 Å². The first-order valence-electron chi connectivity index (χ1n) is 5.14. The molecule has 0 aliphatic carbocycles. The quantitative estimate of drug-likeness (QED) is 0.835. The van der Waals surface area contributed by atoms with Gasteiger partial charge in [0, 0.05) is 24.2 Å². The van der Waals surface area contributed by atoms with E-state index in [2.05, 4.69) is 19.2 Å². The van der Waals surface area contributed by atoms with Crippen molar-refractivity contribution in [2.24, 2.45) is 0 Å². The third-order valence-electron chi connectivity index (χ3n) is 2.32. The van der Waals surface area contributed by atoms with Crippen LogP contribution < -0.4 is 5.32 Å². The molecule has 0 unspecified atom stereocenters. The summed E-state index contributed by atoms with van der Waals surface area (Å²) in [7, 11) is 1.71. The summed E-state index contributed by atoms with van der Waals surface area (Å²) in [5, 5.41) is 4.22. The predicted molar refractivity (Wildman–Crippen MR) is 64.3 cm³/mol. The van der Waals surface area contributed by atoms with Crippen LogP contribution in [0.3, 0.4) is 0 Å². The monoisotopic (exact) mass is 227 g/mol. The van der Waals surface area contributed by atoms with Crippen molar-refractivity contribution in [3.05, 3.63) is 34.9 Å². The number of benzene rings is 1. The van der Waals surface area contributed by atoms with Crippen LogP contribution in [-0.4, -0.2) is 19.8 Å². The van der Waals surface area contributed by atoms with Gasteiger partial charge in [-0.25, -0.2) is 0 Å². The standard InChI is InChI=1S/C12H18ClNO/c1-9(8-15-3)14-10(2)11-4-6-12(13)7-5-11/h4-7,9-10,14H,8H2,1-3H3/t9-,10-/m1/s1. The smallest absolute Gasteiger partial charge is 0.0613 e. The molecule has 0 aromatic heterocycles. The van der Waals surface area contributed by atoms with Crippen molar-refractivity contribution in [3.8, 4) is 0 Å². The lowest BCUT2D eigenvalue weighted by Crippen LogP contribution is -2.32. The highest BCUT2D eigenvalue weighted by molar-refractivity contribution is 6.30. The lowest BCUT2D eigenvalue weighted by Gasteiger charge is -2.19. The van der Waals surface area contributed by atoms with Gasteiger partial charge in [-0.15, -0.1) is 0 Å². The van der Waals surface area contributed by atoms with Gasteiger partial charge in [-0.3, -0.25) is 0 Å². The average molecular weight is 228 g/mol. The summed E-state index contributed by atoms with van der Waals surface area (Å²) >= 11 is 5.83. The van der Waals surface area contributed by atoms with E-state index in [4.69, 9.17) is 16.3 Å². The molecular formula is C12H18ClNO. The molecule has 15 heavy (non-hydrogen) atoms. The van der Waals surface area contributed by atoms with E-state index in [1.807, 2.05) is 24.3 Å². The number of ether oxygens (including phenoxy) is 1. The second kappa shape index (κ2) is 6.11. The zero-order chi connectivity index (χ0) is 11.3.